The molecule has 0 radical (unpaired) electrons. The highest BCUT2D eigenvalue weighted by molar-refractivity contribution is 9.09. The Hall–Kier alpha value is -0.580. The van der Waals surface area contributed by atoms with Crippen LogP contribution in [0.3, 0.4) is 0 Å². The number of ether oxygens (including phenoxy) is 1. The van der Waals surface area contributed by atoms with E-state index in [9.17, 15) is 4.79 Å². The van der Waals surface area contributed by atoms with Crippen molar-refractivity contribution >= 4 is 33.4 Å². The van der Waals surface area contributed by atoms with Crippen LogP contribution in [0.1, 0.15) is 22.3 Å². The van der Waals surface area contributed by atoms with Crippen molar-refractivity contribution in [3.8, 4) is 0 Å². The van der Waals surface area contributed by atoms with E-state index in [4.69, 9.17) is 16.3 Å². The lowest BCUT2D eigenvalue weighted by molar-refractivity contribution is 0.0895. The standard InChI is InChI=1S/C13H17BrClNO2/c1-9-4-3-5-11(12(9)15)13(17)16-10(6-7-14)8-18-2/h3-5,10H,6-8H2,1-2H3,(H,16,17). The number of carbonyl (C=O) groups excluding carboxylic acids is 1. The van der Waals surface area contributed by atoms with E-state index in [1.807, 2.05) is 19.1 Å². The molecule has 0 fully saturated rings. The zero-order valence-electron chi connectivity index (χ0n) is 10.5. The lowest BCUT2D eigenvalue weighted by atomic mass is 10.1. The summed E-state index contributed by atoms with van der Waals surface area (Å²) in [5.74, 6) is -0.160. The fourth-order valence-corrected chi connectivity index (χ4v) is 2.38. The molecule has 1 aromatic rings. The summed E-state index contributed by atoms with van der Waals surface area (Å²) in [6.45, 7) is 2.37. The second-order valence-corrected chi connectivity index (χ2v) is 5.21. The molecule has 1 atom stereocenters. The summed E-state index contributed by atoms with van der Waals surface area (Å²) in [6, 6.07) is 5.41. The Kier molecular flexibility index (Phi) is 6.68. The molecular weight excluding hydrogens is 318 g/mol. The summed E-state index contributed by atoms with van der Waals surface area (Å²) in [6.07, 6.45) is 0.809. The van der Waals surface area contributed by atoms with Gasteiger partial charge in [0.2, 0.25) is 0 Å². The third-order valence-electron chi connectivity index (χ3n) is 2.60. The van der Waals surface area contributed by atoms with Crippen molar-refractivity contribution in [3.05, 3.63) is 34.3 Å². The molecule has 1 aromatic carbocycles. The maximum atomic E-state index is 12.1. The molecule has 0 saturated heterocycles. The van der Waals surface area contributed by atoms with Gasteiger partial charge in [0, 0.05) is 12.4 Å². The predicted molar refractivity (Wildman–Crippen MR) is 77.7 cm³/mol. The Morgan fingerprint density at radius 1 is 1.56 bits per heavy atom. The highest BCUT2D eigenvalue weighted by atomic mass is 79.9. The molecule has 1 N–H and O–H groups in total. The summed E-state index contributed by atoms with van der Waals surface area (Å²) in [5, 5.41) is 4.24. The van der Waals surface area contributed by atoms with E-state index in [1.54, 1.807) is 13.2 Å². The van der Waals surface area contributed by atoms with Gasteiger partial charge in [-0.1, -0.05) is 39.7 Å². The molecule has 0 aromatic heterocycles. The second kappa shape index (κ2) is 7.77. The monoisotopic (exact) mass is 333 g/mol. The Labute approximate surface area is 121 Å². The van der Waals surface area contributed by atoms with Gasteiger partial charge in [-0.3, -0.25) is 4.79 Å². The number of aryl methyl sites for hydroxylation is 1. The topological polar surface area (TPSA) is 38.3 Å². The second-order valence-electron chi connectivity index (χ2n) is 4.04. The minimum Gasteiger partial charge on any atom is -0.383 e. The molecule has 5 heteroatoms. The molecule has 18 heavy (non-hydrogen) atoms. The van der Waals surface area contributed by atoms with Crippen LogP contribution >= 0.6 is 27.5 Å². The van der Waals surface area contributed by atoms with E-state index in [2.05, 4.69) is 21.2 Å². The zero-order valence-corrected chi connectivity index (χ0v) is 12.8. The number of halogens is 2. The van der Waals surface area contributed by atoms with E-state index >= 15 is 0 Å². The number of benzene rings is 1. The van der Waals surface area contributed by atoms with E-state index in [0.29, 0.717) is 17.2 Å². The van der Waals surface area contributed by atoms with Gasteiger partial charge in [-0.05, 0) is 25.0 Å². The van der Waals surface area contributed by atoms with Crippen LogP contribution in [0.5, 0.6) is 0 Å². The van der Waals surface area contributed by atoms with Crippen molar-refractivity contribution < 1.29 is 9.53 Å². The average molecular weight is 335 g/mol. The van der Waals surface area contributed by atoms with Crippen LogP contribution < -0.4 is 5.32 Å². The average Bonchev–Trinajstić information content (AvgIpc) is 2.33. The number of amides is 1. The number of hydrogen-bond donors (Lipinski definition) is 1. The van der Waals surface area contributed by atoms with Gasteiger partial charge in [-0.15, -0.1) is 0 Å². The van der Waals surface area contributed by atoms with Crippen molar-refractivity contribution in [2.24, 2.45) is 0 Å². The fourth-order valence-electron chi connectivity index (χ4n) is 1.62. The molecule has 1 amide bonds. The number of carbonyl (C=O) groups is 1. The molecule has 0 heterocycles. The van der Waals surface area contributed by atoms with Gasteiger partial charge in [0.05, 0.1) is 23.2 Å². The lowest BCUT2D eigenvalue weighted by Crippen LogP contribution is -2.38. The van der Waals surface area contributed by atoms with Gasteiger partial charge in [-0.25, -0.2) is 0 Å². The van der Waals surface area contributed by atoms with Crippen LogP contribution in [0, 0.1) is 6.92 Å². The van der Waals surface area contributed by atoms with Crippen molar-refractivity contribution in [3.63, 3.8) is 0 Å². The van der Waals surface area contributed by atoms with Gasteiger partial charge < -0.3 is 10.1 Å². The number of alkyl halides is 1. The molecule has 100 valence electrons. The molecule has 0 aliphatic carbocycles. The summed E-state index contributed by atoms with van der Waals surface area (Å²) < 4.78 is 5.08. The number of methoxy groups -OCH3 is 1. The predicted octanol–water partition coefficient (Wildman–Crippen LogP) is 3.18. The Balaban J connectivity index is 2.77. The van der Waals surface area contributed by atoms with Crippen LogP contribution in [-0.2, 0) is 4.74 Å². The maximum Gasteiger partial charge on any atom is 0.253 e. The number of hydrogen-bond acceptors (Lipinski definition) is 2. The fraction of sp³-hybridized carbons (Fsp3) is 0.462. The van der Waals surface area contributed by atoms with Crippen molar-refractivity contribution in [2.45, 2.75) is 19.4 Å². The zero-order chi connectivity index (χ0) is 13.5. The number of rotatable bonds is 6. The summed E-state index contributed by atoms with van der Waals surface area (Å²) in [4.78, 5) is 12.1. The smallest absolute Gasteiger partial charge is 0.253 e. The Morgan fingerprint density at radius 2 is 2.28 bits per heavy atom. The lowest BCUT2D eigenvalue weighted by Gasteiger charge is -2.17. The molecule has 1 rings (SSSR count). The molecule has 1 unspecified atom stereocenters. The van der Waals surface area contributed by atoms with Crippen LogP contribution in [0.25, 0.3) is 0 Å². The maximum absolute atomic E-state index is 12.1. The van der Waals surface area contributed by atoms with E-state index in [1.165, 1.54) is 0 Å². The summed E-state index contributed by atoms with van der Waals surface area (Å²) in [7, 11) is 1.62. The Morgan fingerprint density at radius 3 is 2.89 bits per heavy atom. The summed E-state index contributed by atoms with van der Waals surface area (Å²) in [5.41, 5.74) is 1.40. The summed E-state index contributed by atoms with van der Waals surface area (Å²) >= 11 is 9.48. The van der Waals surface area contributed by atoms with Crippen LogP contribution in [-0.4, -0.2) is 31.0 Å². The first-order chi connectivity index (χ1) is 8.60. The van der Waals surface area contributed by atoms with Gasteiger partial charge >= 0.3 is 0 Å². The Bertz CT molecular complexity index is 406. The van der Waals surface area contributed by atoms with Crippen LogP contribution in [0.15, 0.2) is 18.2 Å². The molecule has 0 spiro atoms. The molecule has 0 bridgehead atoms. The first kappa shape index (κ1) is 15.5. The van der Waals surface area contributed by atoms with E-state index < -0.39 is 0 Å². The first-order valence-electron chi connectivity index (χ1n) is 5.71. The van der Waals surface area contributed by atoms with Gasteiger partial charge in [0.25, 0.3) is 5.91 Å². The normalized spacial score (nSPS) is 12.2. The third-order valence-corrected chi connectivity index (χ3v) is 3.56. The van der Waals surface area contributed by atoms with Crippen LogP contribution in [0.4, 0.5) is 0 Å². The van der Waals surface area contributed by atoms with Crippen molar-refractivity contribution in [2.75, 3.05) is 19.0 Å². The van der Waals surface area contributed by atoms with Gasteiger partial charge in [0.1, 0.15) is 0 Å². The molecule has 3 nitrogen and oxygen atoms in total. The van der Waals surface area contributed by atoms with Gasteiger partial charge in [-0.2, -0.15) is 0 Å². The molecular formula is C13H17BrClNO2. The van der Waals surface area contributed by atoms with E-state index in [-0.39, 0.29) is 11.9 Å². The van der Waals surface area contributed by atoms with E-state index in [0.717, 1.165) is 17.3 Å². The third kappa shape index (κ3) is 4.26. The first-order valence-corrected chi connectivity index (χ1v) is 7.21. The molecule has 0 saturated carbocycles. The highest BCUT2D eigenvalue weighted by Gasteiger charge is 2.16. The SMILES string of the molecule is COCC(CCBr)NC(=O)c1cccc(C)c1Cl. The molecule has 0 aliphatic heterocycles. The van der Waals surface area contributed by atoms with Crippen molar-refractivity contribution in [1.82, 2.24) is 5.32 Å². The number of nitrogens with one attached hydrogen (secondary N) is 1. The van der Waals surface area contributed by atoms with Crippen molar-refractivity contribution in [1.29, 1.82) is 0 Å². The quantitative estimate of drug-likeness (QED) is 0.812. The molecule has 0 aliphatic rings. The van der Waals surface area contributed by atoms with Crippen LogP contribution in [0.2, 0.25) is 5.02 Å². The highest BCUT2D eigenvalue weighted by Crippen LogP contribution is 2.20. The van der Waals surface area contributed by atoms with Gasteiger partial charge in [0.15, 0.2) is 0 Å². The minimum absolute atomic E-state index is 0.0153. The largest absolute Gasteiger partial charge is 0.383 e. The minimum atomic E-state index is -0.160.